The molecule has 9 rings (SSSR count). The van der Waals surface area contributed by atoms with E-state index in [1.807, 2.05) is 0 Å². The molecule has 0 saturated heterocycles. The van der Waals surface area contributed by atoms with Crippen molar-refractivity contribution in [1.29, 1.82) is 0 Å². The molecule has 7 aromatic rings. The summed E-state index contributed by atoms with van der Waals surface area (Å²) in [6.07, 6.45) is 0. The number of fused-ring (bicyclic) bond motifs is 10. The standard InChI is InChI=1S/C38H28/c1-37(2)29-19-15-21-8-5-6-11-25(21)33(29)27-17-18-28-34-26-16-14-23-10-7-9-22-12-13-24(32(26)31(22)23)20-30(34)38(3,4)36(28)35(27)37/h5-20H,1-4H3. The maximum atomic E-state index is 2.50. The maximum absolute atomic E-state index is 2.50. The van der Waals surface area contributed by atoms with E-state index in [0.29, 0.717) is 0 Å². The number of rotatable bonds is 0. The Morgan fingerprint density at radius 2 is 1.00 bits per heavy atom. The van der Waals surface area contributed by atoms with Crippen molar-refractivity contribution in [3.63, 3.8) is 0 Å². The largest absolute Gasteiger partial charge is 0.0616 e. The van der Waals surface area contributed by atoms with Crippen LogP contribution in [0.5, 0.6) is 0 Å². The average molecular weight is 485 g/mol. The van der Waals surface area contributed by atoms with Gasteiger partial charge in [0, 0.05) is 10.8 Å². The van der Waals surface area contributed by atoms with Gasteiger partial charge in [-0.3, -0.25) is 0 Å². The Balaban J connectivity index is 1.44. The Morgan fingerprint density at radius 3 is 1.76 bits per heavy atom. The highest BCUT2D eigenvalue weighted by molar-refractivity contribution is 6.26. The molecule has 0 aliphatic heterocycles. The van der Waals surface area contributed by atoms with E-state index in [-0.39, 0.29) is 10.8 Å². The van der Waals surface area contributed by atoms with Crippen molar-refractivity contribution in [2.45, 2.75) is 38.5 Å². The predicted molar refractivity (Wildman–Crippen MR) is 163 cm³/mol. The van der Waals surface area contributed by atoms with E-state index in [4.69, 9.17) is 0 Å². The van der Waals surface area contributed by atoms with Crippen molar-refractivity contribution in [1.82, 2.24) is 0 Å². The fourth-order valence-electron chi connectivity index (χ4n) is 8.26. The zero-order valence-corrected chi connectivity index (χ0v) is 22.2. The van der Waals surface area contributed by atoms with E-state index in [1.54, 1.807) is 0 Å². The predicted octanol–water partition coefficient (Wildman–Crippen LogP) is 10.3. The van der Waals surface area contributed by atoms with E-state index in [1.165, 1.54) is 87.6 Å². The molecular weight excluding hydrogens is 456 g/mol. The molecule has 0 radical (unpaired) electrons. The van der Waals surface area contributed by atoms with Crippen LogP contribution in [-0.4, -0.2) is 0 Å². The molecule has 0 nitrogen and oxygen atoms in total. The summed E-state index contributed by atoms with van der Waals surface area (Å²) in [6.45, 7) is 9.78. The highest BCUT2D eigenvalue weighted by Gasteiger charge is 2.46. The van der Waals surface area contributed by atoms with Crippen LogP contribution in [0, 0.1) is 0 Å². The van der Waals surface area contributed by atoms with Crippen LogP contribution in [0.1, 0.15) is 49.9 Å². The van der Waals surface area contributed by atoms with Gasteiger partial charge in [-0.25, -0.2) is 0 Å². The molecule has 0 saturated carbocycles. The summed E-state index contributed by atoms with van der Waals surface area (Å²) in [6, 6.07) is 37.0. The molecule has 2 aliphatic carbocycles. The number of hydrogen-bond acceptors (Lipinski definition) is 0. The monoisotopic (exact) mass is 484 g/mol. The average Bonchev–Trinajstić information content (AvgIpc) is 3.31. The fourth-order valence-corrected chi connectivity index (χ4v) is 8.26. The first-order valence-electron chi connectivity index (χ1n) is 13.8. The van der Waals surface area contributed by atoms with Gasteiger partial charge in [0.15, 0.2) is 0 Å². The van der Waals surface area contributed by atoms with Crippen molar-refractivity contribution in [2.75, 3.05) is 0 Å². The van der Waals surface area contributed by atoms with Crippen LogP contribution in [-0.2, 0) is 10.8 Å². The van der Waals surface area contributed by atoms with E-state index >= 15 is 0 Å². The summed E-state index contributed by atoms with van der Waals surface area (Å²) in [4.78, 5) is 0. The van der Waals surface area contributed by atoms with Crippen LogP contribution in [0.15, 0.2) is 97.1 Å². The quantitative estimate of drug-likeness (QED) is 0.188. The second-order valence-corrected chi connectivity index (χ2v) is 12.5. The Kier molecular flexibility index (Phi) is 3.54. The van der Waals surface area contributed by atoms with Crippen molar-refractivity contribution in [3.05, 3.63) is 119 Å². The van der Waals surface area contributed by atoms with Crippen LogP contribution >= 0.6 is 0 Å². The summed E-state index contributed by atoms with van der Waals surface area (Å²) in [5.74, 6) is 0. The first kappa shape index (κ1) is 20.8. The third-order valence-electron chi connectivity index (χ3n) is 9.92. The molecule has 38 heavy (non-hydrogen) atoms. The van der Waals surface area contributed by atoms with Crippen molar-refractivity contribution < 1.29 is 0 Å². The maximum Gasteiger partial charge on any atom is 0.0162 e. The topological polar surface area (TPSA) is 0 Å². The molecule has 0 aromatic heterocycles. The lowest BCUT2D eigenvalue weighted by Crippen LogP contribution is -2.24. The van der Waals surface area contributed by atoms with E-state index < -0.39 is 0 Å². The molecule has 0 heterocycles. The van der Waals surface area contributed by atoms with Crippen molar-refractivity contribution in [3.8, 4) is 22.3 Å². The zero-order valence-electron chi connectivity index (χ0n) is 22.2. The molecule has 0 bridgehead atoms. The minimum Gasteiger partial charge on any atom is -0.0616 e. The van der Waals surface area contributed by atoms with Gasteiger partial charge in [0.25, 0.3) is 0 Å². The van der Waals surface area contributed by atoms with Crippen molar-refractivity contribution >= 4 is 43.1 Å². The Labute approximate surface area is 222 Å². The molecular formula is C38H28. The smallest absolute Gasteiger partial charge is 0.0162 e. The number of hydrogen-bond donors (Lipinski definition) is 0. The van der Waals surface area contributed by atoms with Crippen LogP contribution in [0.3, 0.4) is 0 Å². The lowest BCUT2D eigenvalue weighted by atomic mass is 9.72. The molecule has 7 aromatic carbocycles. The second kappa shape index (κ2) is 6.45. The van der Waals surface area contributed by atoms with Gasteiger partial charge in [-0.1, -0.05) is 119 Å². The highest BCUT2D eigenvalue weighted by Crippen LogP contribution is 2.61. The van der Waals surface area contributed by atoms with Gasteiger partial charge in [0.1, 0.15) is 0 Å². The van der Waals surface area contributed by atoms with Gasteiger partial charge < -0.3 is 0 Å². The highest BCUT2D eigenvalue weighted by atomic mass is 14.5. The van der Waals surface area contributed by atoms with Gasteiger partial charge in [0.2, 0.25) is 0 Å². The summed E-state index contributed by atoms with van der Waals surface area (Å²) < 4.78 is 0. The summed E-state index contributed by atoms with van der Waals surface area (Å²) in [5.41, 5.74) is 11.5. The zero-order chi connectivity index (χ0) is 25.6. The summed E-state index contributed by atoms with van der Waals surface area (Å²) >= 11 is 0. The molecule has 0 unspecified atom stereocenters. The minimum absolute atomic E-state index is 0.0638. The molecule has 180 valence electrons. The first-order valence-corrected chi connectivity index (χ1v) is 13.8. The van der Waals surface area contributed by atoms with Crippen LogP contribution in [0.25, 0.3) is 65.3 Å². The molecule has 0 amide bonds. The second-order valence-electron chi connectivity index (χ2n) is 12.5. The van der Waals surface area contributed by atoms with Gasteiger partial charge in [-0.15, -0.1) is 0 Å². The molecule has 0 N–H and O–H groups in total. The van der Waals surface area contributed by atoms with Gasteiger partial charge >= 0.3 is 0 Å². The molecule has 0 fully saturated rings. The molecule has 0 atom stereocenters. The van der Waals surface area contributed by atoms with E-state index in [0.717, 1.165) is 0 Å². The minimum atomic E-state index is -0.0877. The van der Waals surface area contributed by atoms with Gasteiger partial charge in [-0.05, 0) is 93.7 Å². The van der Waals surface area contributed by atoms with Gasteiger partial charge in [0.05, 0.1) is 0 Å². The summed E-state index contributed by atoms with van der Waals surface area (Å²) in [7, 11) is 0. The SMILES string of the molecule is CC1(C)c2ccc3ccccc3c2-c2ccc3c(c21)C(C)(C)c1cc2ccc4cccc5ccc(c1-3)c2c45. The van der Waals surface area contributed by atoms with Crippen molar-refractivity contribution in [2.24, 2.45) is 0 Å². The molecule has 2 aliphatic rings. The summed E-state index contributed by atoms with van der Waals surface area (Å²) in [5, 5.41) is 10.9. The van der Waals surface area contributed by atoms with Crippen LogP contribution in [0.2, 0.25) is 0 Å². The Bertz CT molecular complexity index is 2150. The lowest BCUT2D eigenvalue weighted by Gasteiger charge is -2.30. The van der Waals surface area contributed by atoms with Gasteiger partial charge in [-0.2, -0.15) is 0 Å². The van der Waals surface area contributed by atoms with E-state index in [2.05, 4.69) is 125 Å². The molecule has 0 heteroatoms. The van der Waals surface area contributed by atoms with Crippen LogP contribution in [0.4, 0.5) is 0 Å². The number of benzene rings is 7. The van der Waals surface area contributed by atoms with Crippen LogP contribution < -0.4 is 0 Å². The van der Waals surface area contributed by atoms with E-state index in [9.17, 15) is 0 Å². The third-order valence-corrected chi connectivity index (χ3v) is 9.92. The molecule has 0 spiro atoms. The Morgan fingerprint density at radius 1 is 0.421 bits per heavy atom. The first-order chi connectivity index (χ1) is 18.4. The normalized spacial score (nSPS) is 16.3. The Hall–Kier alpha value is -4.16. The third kappa shape index (κ3) is 2.22. The lowest BCUT2D eigenvalue weighted by molar-refractivity contribution is 0.601. The fraction of sp³-hybridized carbons (Fsp3) is 0.158.